The molecule has 3 amide bonds. The molecule has 4 aromatic rings. The van der Waals surface area contributed by atoms with Gasteiger partial charge in [0.05, 0.1) is 22.2 Å². The number of thiazole rings is 1. The topological polar surface area (TPSA) is 91.7 Å². The highest BCUT2D eigenvalue weighted by molar-refractivity contribution is 8.00. The zero-order chi connectivity index (χ0) is 33.6. The van der Waals surface area contributed by atoms with Gasteiger partial charge in [0.2, 0.25) is 17.7 Å². The zero-order valence-corrected chi connectivity index (χ0v) is 27.5. The first-order valence-electron chi connectivity index (χ1n) is 14.8. The minimum atomic E-state index is -4.60. The molecule has 8 nitrogen and oxygen atoms in total. The lowest BCUT2D eigenvalue weighted by Gasteiger charge is -2.31. The van der Waals surface area contributed by atoms with E-state index in [1.165, 1.54) is 16.7 Å². The maximum Gasteiger partial charge on any atom is 0.416 e. The Morgan fingerprint density at radius 2 is 1.64 bits per heavy atom. The van der Waals surface area contributed by atoms with Crippen molar-refractivity contribution < 1.29 is 27.6 Å². The van der Waals surface area contributed by atoms with Gasteiger partial charge < -0.3 is 10.2 Å². The lowest BCUT2D eigenvalue weighted by Crippen LogP contribution is -2.33. The fraction of sp³-hybridized carbons (Fsp3) is 0.273. The predicted molar refractivity (Wildman–Crippen MR) is 178 cm³/mol. The fourth-order valence-corrected chi connectivity index (χ4v) is 8.96. The molecule has 2 aliphatic heterocycles. The van der Waals surface area contributed by atoms with Crippen LogP contribution in [0.15, 0.2) is 82.6 Å². The molecule has 2 aliphatic rings. The van der Waals surface area contributed by atoms with E-state index in [2.05, 4.69) is 10.2 Å². The summed E-state index contributed by atoms with van der Waals surface area (Å²) in [6, 6.07) is 18.3. The van der Waals surface area contributed by atoms with Crippen molar-refractivity contribution in [1.29, 1.82) is 0 Å². The van der Waals surface area contributed by atoms with E-state index in [-0.39, 0.29) is 5.69 Å². The standard InChI is InChI=1S/C33H28ClF3N4O4S2/c1-3-39(4-2)22-12-8-18(9-13-22)25-26-27(30(44)41(29(26)43)23-14-10-20(34)11-15-23)46-31-28(25)47-32(45)40(31)17-24(42)38-21-7-5-6-19(16-21)33(35,36)37/h5-16,25-27H,3-4,17H2,1-2H3,(H,38,42)/t25-,26-,27+/m0/s1. The Balaban J connectivity index is 1.39. The minimum absolute atomic E-state index is 0.0731. The smallest absolute Gasteiger partial charge is 0.372 e. The van der Waals surface area contributed by atoms with Gasteiger partial charge in [-0.05, 0) is 74.0 Å². The second-order valence-corrected chi connectivity index (χ2v) is 13.6. The number of alkyl halides is 3. The normalized spacial score (nSPS) is 19.0. The van der Waals surface area contributed by atoms with E-state index in [9.17, 15) is 32.3 Å². The van der Waals surface area contributed by atoms with Crippen LogP contribution >= 0.6 is 34.7 Å². The number of nitrogens with zero attached hydrogens (tertiary/aromatic N) is 3. The number of carbonyl (C=O) groups excluding carboxylic acids is 3. The van der Waals surface area contributed by atoms with Crippen LogP contribution in [0.2, 0.25) is 5.02 Å². The van der Waals surface area contributed by atoms with Gasteiger partial charge >= 0.3 is 11.0 Å². The summed E-state index contributed by atoms with van der Waals surface area (Å²) in [5.41, 5.74) is 1.09. The average Bonchev–Trinajstić information content (AvgIpc) is 3.48. The van der Waals surface area contributed by atoms with E-state index >= 15 is 0 Å². The number of hydrogen-bond donors (Lipinski definition) is 1. The molecule has 1 aromatic heterocycles. The Kier molecular flexibility index (Phi) is 8.98. The molecule has 6 rings (SSSR count). The number of imide groups is 1. The molecular weight excluding hydrogens is 673 g/mol. The average molecular weight is 701 g/mol. The fourth-order valence-electron chi connectivity index (χ4n) is 6.06. The van der Waals surface area contributed by atoms with Crippen LogP contribution in [-0.2, 0) is 27.1 Å². The van der Waals surface area contributed by atoms with Crippen molar-refractivity contribution in [1.82, 2.24) is 4.57 Å². The maximum absolute atomic E-state index is 14.1. The van der Waals surface area contributed by atoms with Crippen LogP contribution in [0.25, 0.3) is 0 Å². The SMILES string of the molecule is CCN(CC)c1ccc([C@@H]2c3sc(=O)n(CC(=O)Nc4cccc(C(F)(F)F)c4)c3S[C@H]3C(=O)N(c4ccc(Cl)cc4)C(=O)[C@@H]23)cc1. The lowest BCUT2D eigenvalue weighted by atomic mass is 9.83. The Labute approximate surface area is 281 Å². The van der Waals surface area contributed by atoms with Crippen LogP contribution in [0.3, 0.4) is 0 Å². The van der Waals surface area contributed by atoms with Gasteiger partial charge in [0, 0.05) is 40.3 Å². The highest BCUT2D eigenvalue weighted by atomic mass is 35.5. The van der Waals surface area contributed by atoms with E-state index in [0.29, 0.717) is 20.6 Å². The van der Waals surface area contributed by atoms with E-state index < -0.39 is 58.0 Å². The molecule has 0 radical (unpaired) electrons. The predicted octanol–water partition coefficient (Wildman–Crippen LogP) is 6.86. The van der Waals surface area contributed by atoms with Gasteiger partial charge in [0.1, 0.15) is 11.8 Å². The molecule has 47 heavy (non-hydrogen) atoms. The largest absolute Gasteiger partial charge is 0.416 e. The van der Waals surface area contributed by atoms with Crippen molar-refractivity contribution in [3.8, 4) is 0 Å². The number of amides is 3. The molecule has 14 heteroatoms. The number of nitrogens with one attached hydrogen (secondary N) is 1. The molecule has 1 fully saturated rings. The number of anilines is 3. The first-order chi connectivity index (χ1) is 22.4. The first kappa shape index (κ1) is 32.9. The molecule has 1 N–H and O–H groups in total. The Bertz CT molecular complexity index is 1910. The van der Waals surface area contributed by atoms with Crippen molar-refractivity contribution in [3.63, 3.8) is 0 Å². The summed E-state index contributed by atoms with van der Waals surface area (Å²) in [5, 5.41) is 2.36. The van der Waals surface area contributed by atoms with Gasteiger partial charge in [0.25, 0.3) is 0 Å². The van der Waals surface area contributed by atoms with E-state index in [0.717, 1.165) is 64.5 Å². The van der Waals surface area contributed by atoms with Crippen LogP contribution in [0.1, 0.15) is 35.8 Å². The number of aromatic nitrogens is 1. The second-order valence-electron chi connectivity index (χ2n) is 11.0. The van der Waals surface area contributed by atoms with Crippen molar-refractivity contribution in [2.24, 2.45) is 5.92 Å². The summed E-state index contributed by atoms with van der Waals surface area (Å²) in [6.07, 6.45) is -4.60. The van der Waals surface area contributed by atoms with Crippen LogP contribution in [0.5, 0.6) is 0 Å². The van der Waals surface area contributed by atoms with Gasteiger partial charge in [-0.25, -0.2) is 4.90 Å². The molecule has 3 atom stereocenters. The molecule has 0 saturated carbocycles. The van der Waals surface area contributed by atoms with Crippen LogP contribution in [-0.4, -0.2) is 40.6 Å². The third-order valence-electron chi connectivity index (χ3n) is 8.29. The summed E-state index contributed by atoms with van der Waals surface area (Å²) in [7, 11) is 0. The third kappa shape index (κ3) is 6.19. The number of fused-ring (bicyclic) bond motifs is 2. The summed E-state index contributed by atoms with van der Waals surface area (Å²) >= 11 is 8.01. The van der Waals surface area contributed by atoms with Gasteiger partial charge in [0.15, 0.2) is 0 Å². The van der Waals surface area contributed by atoms with E-state index in [1.54, 1.807) is 24.3 Å². The Morgan fingerprint density at radius 1 is 0.957 bits per heavy atom. The Hall–Kier alpha value is -4.07. The van der Waals surface area contributed by atoms with E-state index in [1.807, 2.05) is 38.1 Å². The van der Waals surface area contributed by atoms with Crippen LogP contribution < -0.4 is 20.0 Å². The van der Waals surface area contributed by atoms with Gasteiger partial charge in [-0.3, -0.25) is 23.7 Å². The quantitative estimate of drug-likeness (QED) is 0.202. The van der Waals surface area contributed by atoms with Crippen LogP contribution in [0.4, 0.5) is 30.2 Å². The number of rotatable bonds is 8. The summed E-state index contributed by atoms with van der Waals surface area (Å²) in [4.78, 5) is 57.9. The first-order valence-corrected chi connectivity index (χ1v) is 16.8. The second kappa shape index (κ2) is 12.9. The van der Waals surface area contributed by atoms with Gasteiger partial charge in [-0.2, -0.15) is 13.2 Å². The van der Waals surface area contributed by atoms with Gasteiger partial charge in [-0.15, -0.1) is 0 Å². The molecular formula is C33H28ClF3N4O4S2. The zero-order valence-electron chi connectivity index (χ0n) is 25.1. The third-order valence-corrected chi connectivity index (χ3v) is 11.1. The van der Waals surface area contributed by atoms with Crippen molar-refractivity contribution >= 4 is 69.5 Å². The maximum atomic E-state index is 14.1. The Morgan fingerprint density at radius 3 is 2.28 bits per heavy atom. The number of halogens is 4. The molecule has 244 valence electrons. The van der Waals surface area contributed by atoms with E-state index in [4.69, 9.17) is 11.6 Å². The lowest BCUT2D eigenvalue weighted by molar-refractivity contribution is -0.137. The van der Waals surface area contributed by atoms with Gasteiger partial charge in [-0.1, -0.05) is 52.9 Å². The minimum Gasteiger partial charge on any atom is -0.372 e. The molecule has 3 aromatic carbocycles. The molecule has 0 bridgehead atoms. The number of benzene rings is 3. The molecule has 1 saturated heterocycles. The number of hydrogen-bond acceptors (Lipinski definition) is 7. The molecule has 0 aliphatic carbocycles. The van der Waals surface area contributed by atoms with Crippen molar-refractivity contribution in [2.75, 3.05) is 28.2 Å². The molecule has 0 unspecified atom stereocenters. The van der Waals surface area contributed by atoms with Crippen molar-refractivity contribution in [3.05, 3.63) is 103 Å². The summed E-state index contributed by atoms with van der Waals surface area (Å²) < 4.78 is 40.9. The number of carbonyl (C=O) groups is 3. The summed E-state index contributed by atoms with van der Waals surface area (Å²) in [5.74, 6) is -3.08. The summed E-state index contributed by atoms with van der Waals surface area (Å²) in [6.45, 7) is 5.18. The van der Waals surface area contributed by atoms with Crippen LogP contribution in [0, 0.1) is 5.92 Å². The molecule has 3 heterocycles. The monoisotopic (exact) mass is 700 g/mol. The highest BCUT2D eigenvalue weighted by Crippen LogP contribution is 2.54. The molecule has 0 spiro atoms. The van der Waals surface area contributed by atoms with Crippen molar-refractivity contribution in [2.45, 2.75) is 42.8 Å². The number of thioether (sulfide) groups is 1. The highest BCUT2D eigenvalue weighted by Gasteiger charge is 2.56.